The van der Waals surface area contributed by atoms with Crippen molar-refractivity contribution >= 4 is 10.1 Å². The van der Waals surface area contributed by atoms with Crippen molar-refractivity contribution in [3.63, 3.8) is 0 Å². The van der Waals surface area contributed by atoms with Crippen molar-refractivity contribution in [3.8, 4) is 11.1 Å². The zero-order valence-corrected chi connectivity index (χ0v) is 17.8. The molecule has 0 saturated carbocycles. The second-order valence-corrected chi connectivity index (χ2v) is 9.15. The smallest absolute Gasteiger partial charge is 0.744 e. The number of hydrogen-bond acceptors (Lipinski definition) is 3. The molecule has 0 N–H and O–H groups in total. The number of rotatable bonds is 1. The zero-order chi connectivity index (χ0) is 16.9. The molecule has 5 heteroatoms. The molecule has 0 aromatic carbocycles. The maximum Gasteiger partial charge on any atom is 1.00 e. The van der Waals surface area contributed by atoms with E-state index in [9.17, 15) is 13.0 Å². The van der Waals surface area contributed by atoms with Crippen molar-refractivity contribution in [2.24, 2.45) is 0 Å². The Hall–Kier alpha value is -0.390. The summed E-state index contributed by atoms with van der Waals surface area (Å²) in [5, 5.41) is 0. The summed E-state index contributed by atoms with van der Waals surface area (Å²) < 4.78 is 35.4. The topological polar surface area (TPSA) is 57.2 Å². The average molecular weight is 342 g/mol. The third kappa shape index (κ3) is 4.18. The number of fused-ring (bicyclic) bond motifs is 1. The molecule has 0 heterocycles. The molecule has 0 atom stereocenters. The minimum absolute atomic E-state index is 0. The van der Waals surface area contributed by atoms with Crippen molar-refractivity contribution < 1.29 is 42.5 Å². The minimum Gasteiger partial charge on any atom is -0.744 e. The second kappa shape index (κ2) is 6.49. The molecule has 0 spiro atoms. The maximum atomic E-state index is 11.8. The van der Waals surface area contributed by atoms with Crippen LogP contribution < -0.4 is 29.6 Å². The van der Waals surface area contributed by atoms with Crippen molar-refractivity contribution in [1.82, 2.24) is 0 Å². The van der Waals surface area contributed by atoms with Crippen LogP contribution in [-0.4, -0.2) is 13.0 Å². The van der Waals surface area contributed by atoms with Gasteiger partial charge in [-0.15, -0.1) is 0 Å². The molecule has 120 valence electrons. The third-order valence-electron chi connectivity index (χ3n) is 3.87. The van der Waals surface area contributed by atoms with Crippen LogP contribution in [0, 0.1) is 0 Å². The maximum absolute atomic E-state index is 11.8. The van der Waals surface area contributed by atoms with Crippen LogP contribution in [0.4, 0.5) is 0 Å². The van der Waals surface area contributed by atoms with Gasteiger partial charge in [-0.25, -0.2) is 8.42 Å². The summed E-state index contributed by atoms with van der Waals surface area (Å²) in [5.74, 6) is 0. The van der Waals surface area contributed by atoms with Gasteiger partial charge in [-0.1, -0.05) is 65.8 Å². The number of hydrogen-bond donors (Lipinski definition) is 0. The van der Waals surface area contributed by atoms with Crippen LogP contribution in [0.3, 0.4) is 0 Å². The van der Waals surface area contributed by atoms with E-state index in [2.05, 4.69) is 0 Å². The summed E-state index contributed by atoms with van der Waals surface area (Å²) in [6.45, 7) is 12.1. The fourth-order valence-corrected chi connectivity index (χ4v) is 3.56. The Morgan fingerprint density at radius 2 is 1.35 bits per heavy atom. The molecule has 2 aliphatic carbocycles. The van der Waals surface area contributed by atoms with Gasteiger partial charge in [0.1, 0.15) is 10.1 Å². The molecule has 0 aromatic rings. The second-order valence-electron chi connectivity index (χ2n) is 7.80. The Morgan fingerprint density at radius 1 is 0.870 bits per heavy atom. The van der Waals surface area contributed by atoms with Gasteiger partial charge in [-0.3, -0.25) is 0 Å². The van der Waals surface area contributed by atoms with E-state index in [1.165, 1.54) is 0 Å². The van der Waals surface area contributed by atoms with E-state index in [0.717, 1.165) is 16.7 Å². The van der Waals surface area contributed by atoms with Crippen molar-refractivity contribution in [1.29, 1.82) is 0 Å². The third-order valence-corrected chi connectivity index (χ3v) is 4.73. The van der Waals surface area contributed by atoms with Gasteiger partial charge in [0.05, 0.1) is 4.90 Å². The fourth-order valence-electron chi connectivity index (χ4n) is 2.83. The average Bonchev–Trinajstić information content (AvgIpc) is 2.54. The van der Waals surface area contributed by atoms with Gasteiger partial charge in [0.2, 0.25) is 0 Å². The molecule has 2 aliphatic rings. The summed E-state index contributed by atoms with van der Waals surface area (Å²) in [6.07, 6.45) is 0. The molecule has 23 heavy (non-hydrogen) atoms. The molecule has 0 fully saturated rings. The first-order chi connectivity index (χ1) is 9.83. The molecule has 3 nitrogen and oxygen atoms in total. The zero-order valence-electron chi connectivity index (χ0n) is 15.0. The van der Waals surface area contributed by atoms with Crippen LogP contribution in [0.5, 0.6) is 0 Å². The molecule has 0 aliphatic heterocycles. The van der Waals surface area contributed by atoms with E-state index >= 15 is 0 Å². The first-order valence-corrected chi connectivity index (χ1v) is 8.77. The van der Waals surface area contributed by atoms with Gasteiger partial charge in [0, 0.05) is 5.56 Å². The van der Waals surface area contributed by atoms with E-state index in [-0.39, 0.29) is 45.3 Å². The van der Waals surface area contributed by atoms with Gasteiger partial charge in [0.25, 0.3) is 0 Å². The van der Waals surface area contributed by atoms with Gasteiger partial charge in [-0.05, 0) is 33.6 Å². The van der Waals surface area contributed by atoms with Gasteiger partial charge >= 0.3 is 29.6 Å². The summed E-state index contributed by atoms with van der Waals surface area (Å²) >= 11 is 0. The monoisotopic (exact) mass is 342 g/mol. The van der Waals surface area contributed by atoms with Gasteiger partial charge in [0.15, 0.2) is 0 Å². The summed E-state index contributed by atoms with van der Waals surface area (Å²) in [7, 11) is -4.53. The van der Waals surface area contributed by atoms with Gasteiger partial charge in [-0.2, -0.15) is 0 Å². The minimum atomic E-state index is -4.53. The largest absolute Gasteiger partial charge is 1.00 e. The molecule has 0 amide bonds. The van der Waals surface area contributed by atoms with Crippen LogP contribution in [0.15, 0.2) is 35.2 Å². The molecule has 0 radical (unpaired) electrons. The Labute approximate surface area is 161 Å². The molecule has 0 saturated heterocycles. The van der Waals surface area contributed by atoms with E-state index in [4.69, 9.17) is 0 Å². The van der Waals surface area contributed by atoms with Crippen molar-refractivity contribution in [3.05, 3.63) is 41.5 Å². The van der Waals surface area contributed by atoms with E-state index in [1.54, 1.807) is 6.07 Å². The molecule has 0 unspecified atom stereocenters. The Kier molecular flexibility index (Phi) is 5.83. The predicted octanol–water partition coefficient (Wildman–Crippen LogP) is 1.29. The standard InChI is InChI=1S/C18H24O3S.Na/c1-17(2,3)13-10-8-7-9-12-14(18(4,5)6)11-15(16(12)13)22(19,20)21;/h7-11H,1-6H3,(H,19,20,21);/q;+1/p-1. The van der Waals surface area contributed by atoms with Crippen LogP contribution in [-0.2, 0) is 20.9 Å². The quantitative estimate of drug-likeness (QED) is 0.580. The van der Waals surface area contributed by atoms with E-state index in [0.29, 0.717) is 5.56 Å². The van der Waals surface area contributed by atoms with Crippen molar-refractivity contribution in [2.45, 2.75) is 57.3 Å². The van der Waals surface area contributed by atoms with Crippen molar-refractivity contribution in [2.75, 3.05) is 0 Å². The predicted molar refractivity (Wildman–Crippen MR) is 88.4 cm³/mol. The molecular formula is C18H23NaO3S. The Balaban J connectivity index is 0.00000264. The molecule has 2 rings (SSSR count). The summed E-state index contributed by atoms with van der Waals surface area (Å²) in [6, 6.07) is 9.16. The summed E-state index contributed by atoms with van der Waals surface area (Å²) in [5.41, 5.74) is 2.66. The van der Waals surface area contributed by atoms with E-state index < -0.39 is 10.1 Å². The summed E-state index contributed by atoms with van der Waals surface area (Å²) in [4.78, 5) is -0.103. The normalized spacial score (nSPS) is 13.0. The van der Waals surface area contributed by atoms with Gasteiger partial charge < -0.3 is 4.55 Å². The van der Waals surface area contributed by atoms with Crippen LogP contribution in [0.25, 0.3) is 11.1 Å². The van der Waals surface area contributed by atoms with Crippen LogP contribution in [0.1, 0.15) is 52.7 Å². The van der Waals surface area contributed by atoms with Crippen LogP contribution >= 0.6 is 0 Å². The molecule has 0 aromatic heterocycles. The Morgan fingerprint density at radius 3 is 1.78 bits per heavy atom. The fraction of sp³-hybridized carbons (Fsp3) is 0.444. The van der Waals surface area contributed by atoms with E-state index in [1.807, 2.05) is 65.8 Å². The first-order valence-electron chi connectivity index (χ1n) is 7.36. The molecular weight excluding hydrogens is 319 g/mol. The van der Waals surface area contributed by atoms with Crippen LogP contribution in [0.2, 0.25) is 0 Å². The molecule has 0 bridgehead atoms. The SMILES string of the molecule is CC(C)(C)c1cc(S(=O)(=O)[O-])c2c(C(C)(C)C)ccccc1-2.[Na+]. The Bertz CT molecular complexity index is 781. The first kappa shape index (κ1) is 20.7.